The Bertz CT molecular complexity index is 1020. The molecule has 0 heterocycles. The van der Waals surface area contributed by atoms with Gasteiger partial charge in [0.1, 0.15) is 11.8 Å². The van der Waals surface area contributed by atoms with Crippen LogP contribution < -0.4 is 19.7 Å². The molecule has 0 aromatic heterocycles. The maximum atomic E-state index is 13.0. The van der Waals surface area contributed by atoms with Crippen LogP contribution in [0.15, 0.2) is 53.4 Å². The van der Waals surface area contributed by atoms with Gasteiger partial charge in [0, 0.05) is 18.7 Å². The average molecular weight is 448 g/mol. The maximum Gasteiger partial charge on any atom is 0.264 e. The molecule has 2 rings (SSSR count). The van der Waals surface area contributed by atoms with Crippen LogP contribution in [0.25, 0.3) is 0 Å². The number of amides is 2. The van der Waals surface area contributed by atoms with Gasteiger partial charge >= 0.3 is 0 Å². The van der Waals surface area contributed by atoms with Gasteiger partial charge in [0.05, 0.1) is 17.7 Å². The summed E-state index contributed by atoms with van der Waals surface area (Å²) in [6, 6.07) is 11.6. The third-order valence-corrected chi connectivity index (χ3v) is 6.73. The van der Waals surface area contributed by atoms with Crippen LogP contribution in [0.5, 0.6) is 5.75 Å². The van der Waals surface area contributed by atoms with E-state index >= 15 is 0 Å². The van der Waals surface area contributed by atoms with Crippen molar-refractivity contribution in [2.75, 3.05) is 18.5 Å². The van der Waals surface area contributed by atoms with Gasteiger partial charge in [0.2, 0.25) is 5.91 Å². The summed E-state index contributed by atoms with van der Waals surface area (Å²) in [5.74, 6) is -0.316. The topological polar surface area (TPSA) is 105 Å². The normalized spacial score (nSPS) is 13.1. The standard InChI is InChI=1S/C22H29N3O5S/c1-6-15(2)23-21(26)16(3)24-22(27)17-11-13-18(14-12-17)31(28,29)25(4)19-9-7-8-10-20(19)30-5/h7-16H,6H2,1-5H3,(H,23,26)(H,24,27)/t15-,16-/m0/s1. The molecular formula is C22H29N3O5S. The number of sulfonamides is 1. The van der Waals surface area contributed by atoms with Crippen LogP contribution in [0.4, 0.5) is 5.69 Å². The number of anilines is 1. The van der Waals surface area contributed by atoms with Crippen LogP contribution in [-0.4, -0.2) is 46.5 Å². The SMILES string of the molecule is CC[C@H](C)NC(=O)[C@H](C)NC(=O)c1ccc(S(=O)(=O)N(C)c2ccccc2OC)cc1. The number of nitrogens with zero attached hydrogens (tertiary/aromatic N) is 1. The molecule has 2 aromatic rings. The highest BCUT2D eigenvalue weighted by molar-refractivity contribution is 7.92. The van der Waals surface area contributed by atoms with E-state index in [1.807, 2.05) is 13.8 Å². The molecule has 2 atom stereocenters. The average Bonchev–Trinajstić information content (AvgIpc) is 2.78. The number of benzene rings is 2. The fraction of sp³-hybridized carbons (Fsp3) is 0.364. The number of ether oxygens (including phenoxy) is 1. The van der Waals surface area contributed by atoms with Gasteiger partial charge in [-0.25, -0.2) is 8.42 Å². The van der Waals surface area contributed by atoms with E-state index in [4.69, 9.17) is 4.74 Å². The zero-order chi connectivity index (χ0) is 23.2. The fourth-order valence-electron chi connectivity index (χ4n) is 2.77. The largest absolute Gasteiger partial charge is 0.495 e. The molecule has 0 aliphatic heterocycles. The van der Waals surface area contributed by atoms with Crippen LogP contribution in [0.1, 0.15) is 37.6 Å². The van der Waals surface area contributed by atoms with Gasteiger partial charge in [-0.15, -0.1) is 0 Å². The van der Waals surface area contributed by atoms with Crippen molar-refractivity contribution in [3.05, 3.63) is 54.1 Å². The maximum absolute atomic E-state index is 13.0. The van der Waals surface area contributed by atoms with Crippen molar-refractivity contribution in [3.63, 3.8) is 0 Å². The smallest absolute Gasteiger partial charge is 0.264 e. The molecule has 0 spiro atoms. The van der Waals surface area contributed by atoms with Crippen LogP contribution in [0.3, 0.4) is 0 Å². The first-order valence-electron chi connectivity index (χ1n) is 9.95. The summed E-state index contributed by atoms with van der Waals surface area (Å²) in [6.45, 7) is 5.43. The quantitative estimate of drug-likeness (QED) is 0.615. The first-order valence-corrected chi connectivity index (χ1v) is 11.4. The number of para-hydroxylation sites is 2. The van der Waals surface area contributed by atoms with E-state index in [1.54, 1.807) is 31.2 Å². The zero-order valence-electron chi connectivity index (χ0n) is 18.4. The monoisotopic (exact) mass is 447 g/mol. The molecule has 0 aliphatic rings. The number of hydrogen-bond acceptors (Lipinski definition) is 5. The molecular weight excluding hydrogens is 418 g/mol. The lowest BCUT2D eigenvalue weighted by Gasteiger charge is -2.21. The minimum atomic E-state index is -3.86. The Morgan fingerprint density at radius 3 is 2.23 bits per heavy atom. The van der Waals surface area contributed by atoms with Gasteiger partial charge in [-0.05, 0) is 56.7 Å². The van der Waals surface area contributed by atoms with Gasteiger partial charge < -0.3 is 15.4 Å². The third-order valence-electron chi connectivity index (χ3n) is 4.94. The van der Waals surface area contributed by atoms with Crippen molar-refractivity contribution >= 4 is 27.5 Å². The summed E-state index contributed by atoms with van der Waals surface area (Å²) in [4.78, 5) is 24.6. The van der Waals surface area contributed by atoms with Crippen molar-refractivity contribution in [1.29, 1.82) is 0 Å². The first kappa shape index (κ1) is 24.2. The molecule has 2 N–H and O–H groups in total. The Kier molecular flexibility index (Phi) is 8.04. The minimum absolute atomic E-state index is 0.0107. The van der Waals surface area contributed by atoms with E-state index in [9.17, 15) is 18.0 Å². The number of nitrogens with one attached hydrogen (secondary N) is 2. The Balaban J connectivity index is 2.15. The molecule has 0 unspecified atom stereocenters. The van der Waals surface area contributed by atoms with Crippen molar-refractivity contribution in [2.45, 2.75) is 44.2 Å². The number of carbonyl (C=O) groups is 2. The molecule has 0 saturated heterocycles. The van der Waals surface area contributed by atoms with E-state index in [2.05, 4.69) is 10.6 Å². The minimum Gasteiger partial charge on any atom is -0.495 e. The van der Waals surface area contributed by atoms with E-state index in [-0.39, 0.29) is 22.4 Å². The molecule has 168 valence electrons. The third kappa shape index (κ3) is 5.75. The Morgan fingerprint density at radius 1 is 1.03 bits per heavy atom. The highest BCUT2D eigenvalue weighted by atomic mass is 32.2. The summed E-state index contributed by atoms with van der Waals surface area (Å²) < 4.78 is 32.4. The van der Waals surface area contributed by atoms with E-state index < -0.39 is 22.0 Å². The zero-order valence-corrected chi connectivity index (χ0v) is 19.2. The fourth-order valence-corrected chi connectivity index (χ4v) is 3.98. The lowest BCUT2D eigenvalue weighted by Crippen LogP contribution is -2.47. The highest BCUT2D eigenvalue weighted by Gasteiger charge is 2.24. The van der Waals surface area contributed by atoms with E-state index in [0.717, 1.165) is 10.7 Å². The number of methoxy groups -OCH3 is 1. The summed E-state index contributed by atoms with van der Waals surface area (Å²) in [5.41, 5.74) is 0.648. The van der Waals surface area contributed by atoms with Crippen LogP contribution in [0.2, 0.25) is 0 Å². The number of carbonyl (C=O) groups excluding carboxylic acids is 2. The summed E-state index contributed by atoms with van der Waals surface area (Å²) >= 11 is 0. The van der Waals surface area contributed by atoms with Crippen molar-refractivity contribution < 1.29 is 22.7 Å². The molecule has 0 bridgehead atoms. The van der Waals surface area contributed by atoms with Gasteiger partial charge in [0.25, 0.3) is 15.9 Å². The molecule has 0 saturated carbocycles. The second-order valence-corrected chi connectivity index (χ2v) is 9.15. The molecule has 0 fully saturated rings. The van der Waals surface area contributed by atoms with Crippen LogP contribution in [-0.2, 0) is 14.8 Å². The summed E-state index contributed by atoms with van der Waals surface area (Å²) in [5, 5.41) is 5.42. The molecule has 2 aromatic carbocycles. The van der Waals surface area contributed by atoms with Crippen molar-refractivity contribution in [1.82, 2.24) is 10.6 Å². The predicted octanol–water partition coefficient (Wildman–Crippen LogP) is 2.55. The lowest BCUT2D eigenvalue weighted by atomic mass is 10.2. The van der Waals surface area contributed by atoms with E-state index in [1.165, 1.54) is 38.4 Å². The second kappa shape index (κ2) is 10.3. The summed E-state index contributed by atoms with van der Waals surface area (Å²) in [6.07, 6.45) is 0.783. The first-order chi connectivity index (χ1) is 14.6. The van der Waals surface area contributed by atoms with Crippen LogP contribution >= 0.6 is 0 Å². The molecule has 2 amide bonds. The molecule has 31 heavy (non-hydrogen) atoms. The Hall–Kier alpha value is -3.07. The van der Waals surface area contributed by atoms with Gasteiger partial charge in [-0.3, -0.25) is 13.9 Å². The van der Waals surface area contributed by atoms with Crippen LogP contribution in [0, 0.1) is 0 Å². The molecule has 0 aliphatic carbocycles. The molecule has 0 radical (unpaired) electrons. The Morgan fingerprint density at radius 2 is 1.65 bits per heavy atom. The van der Waals surface area contributed by atoms with Gasteiger partial charge in [-0.1, -0.05) is 19.1 Å². The van der Waals surface area contributed by atoms with Crippen molar-refractivity contribution in [2.24, 2.45) is 0 Å². The number of hydrogen-bond donors (Lipinski definition) is 2. The van der Waals surface area contributed by atoms with Gasteiger partial charge in [0.15, 0.2) is 0 Å². The lowest BCUT2D eigenvalue weighted by molar-refractivity contribution is -0.123. The Labute approximate surface area is 183 Å². The number of rotatable bonds is 9. The van der Waals surface area contributed by atoms with Crippen molar-refractivity contribution in [3.8, 4) is 5.75 Å². The summed E-state index contributed by atoms with van der Waals surface area (Å²) in [7, 11) is -0.957. The van der Waals surface area contributed by atoms with E-state index in [0.29, 0.717) is 11.4 Å². The highest BCUT2D eigenvalue weighted by Crippen LogP contribution is 2.30. The predicted molar refractivity (Wildman–Crippen MR) is 120 cm³/mol. The molecule has 8 nitrogen and oxygen atoms in total. The molecule has 9 heteroatoms. The van der Waals surface area contributed by atoms with Gasteiger partial charge in [-0.2, -0.15) is 0 Å². The second-order valence-electron chi connectivity index (χ2n) is 7.18.